The summed E-state index contributed by atoms with van der Waals surface area (Å²) in [6.45, 7) is 2.57. The summed E-state index contributed by atoms with van der Waals surface area (Å²) >= 11 is 0. The topological polar surface area (TPSA) is 35.5 Å². The lowest BCUT2D eigenvalue weighted by molar-refractivity contribution is -0.139. The molecular formula is C13H16O3. The van der Waals surface area contributed by atoms with Gasteiger partial charge in [-0.15, -0.1) is 0 Å². The number of benzene rings is 1. The van der Waals surface area contributed by atoms with Crippen LogP contribution >= 0.6 is 0 Å². The molecule has 0 saturated heterocycles. The molecule has 16 heavy (non-hydrogen) atoms. The zero-order valence-corrected chi connectivity index (χ0v) is 9.60. The summed E-state index contributed by atoms with van der Waals surface area (Å²) in [5, 5.41) is 0. The summed E-state index contributed by atoms with van der Waals surface area (Å²) in [4.78, 5) is 10.9. The number of rotatable bonds is 5. The van der Waals surface area contributed by atoms with Crippen molar-refractivity contribution in [2.24, 2.45) is 0 Å². The van der Waals surface area contributed by atoms with E-state index in [2.05, 4.69) is 4.74 Å². The first kappa shape index (κ1) is 12.3. The van der Waals surface area contributed by atoms with Crippen molar-refractivity contribution in [3.8, 4) is 5.75 Å². The SMILES string of the molecule is CCOc1ccccc1C=CCC(=O)OC. The third-order valence-electron chi connectivity index (χ3n) is 2.03. The molecule has 1 rings (SSSR count). The Balaban J connectivity index is 2.68. The molecule has 0 heterocycles. The molecule has 0 fully saturated rings. The Labute approximate surface area is 95.7 Å². The first-order valence-corrected chi connectivity index (χ1v) is 5.23. The van der Waals surface area contributed by atoms with Gasteiger partial charge >= 0.3 is 5.97 Å². The molecule has 0 radical (unpaired) electrons. The van der Waals surface area contributed by atoms with E-state index in [0.717, 1.165) is 11.3 Å². The number of hydrogen-bond donors (Lipinski definition) is 0. The minimum atomic E-state index is -0.245. The highest BCUT2D eigenvalue weighted by atomic mass is 16.5. The van der Waals surface area contributed by atoms with Crippen LogP contribution in [0.1, 0.15) is 18.9 Å². The Morgan fingerprint density at radius 2 is 2.12 bits per heavy atom. The maximum Gasteiger partial charge on any atom is 0.309 e. The van der Waals surface area contributed by atoms with Crippen molar-refractivity contribution >= 4 is 12.0 Å². The monoisotopic (exact) mass is 220 g/mol. The largest absolute Gasteiger partial charge is 0.493 e. The molecule has 86 valence electrons. The summed E-state index contributed by atoms with van der Waals surface area (Å²) in [6, 6.07) is 7.70. The van der Waals surface area contributed by atoms with E-state index in [1.165, 1.54) is 7.11 Å². The third-order valence-corrected chi connectivity index (χ3v) is 2.03. The summed E-state index contributed by atoms with van der Waals surface area (Å²) in [5.74, 6) is 0.580. The second-order valence-corrected chi connectivity index (χ2v) is 3.15. The summed E-state index contributed by atoms with van der Waals surface area (Å²) < 4.78 is 10.00. The molecule has 0 unspecified atom stereocenters. The van der Waals surface area contributed by atoms with Crippen LogP contribution < -0.4 is 4.74 Å². The van der Waals surface area contributed by atoms with E-state index in [9.17, 15) is 4.79 Å². The summed E-state index contributed by atoms with van der Waals surface area (Å²) in [5.41, 5.74) is 0.966. The third kappa shape index (κ3) is 3.77. The van der Waals surface area contributed by atoms with Gasteiger partial charge in [0.15, 0.2) is 0 Å². The van der Waals surface area contributed by atoms with Crippen LogP contribution in [0.15, 0.2) is 30.3 Å². The molecule has 1 aromatic carbocycles. The molecule has 0 aliphatic rings. The van der Waals surface area contributed by atoms with Crippen LogP contribution in [0.3, 0.4) is 0 Å². The number of hydrogen-bond acceptors (Lipinski definition) is 3. The Morgan fingerprint density at radius 1 is 1.38 bits per heavy atom. The number of carbonyl (C=O) groups is 1. The Morgan fingerprint density at radius 3 is 2.81 bits per heavy atom. The molecule has 0 spiro atoms. The van der Waals surface area contributed by atoms with Gasteiger partial charge in [-0.05, 0) is 13.0 Å². The van der Waals surface area contributed by atoms with E-state index >= 15 is 0 Å². The van der Waals surface area contributed by atoms with Crippen LogP contribution in [0, 0.1) is 0 Å². The molecule has 0 atom stereocenters. The highest BCUT2D eigenvalue weighted by Crippen LogP contribution is 2.19. The van der Waals surface area contributed by atoms with Gasteiger partial charge in [0.25, 0.3) is 0 Å². The lowest BCUT2D eigenvalue weighted by Crippen LogP contribution is -1.97. The Hall–Kier alpha value is -1.77. The number of ether oxygens (including phenoxy) is 2. The van der Waals surface area contributed by atoms with Gasteiger partial charge in [-0.2, -0.15) is 0 Å². The van der Waals surface area contributed by atoms with E-state index in [4.69, 9.17) is 4.74 Å². The van der Waals surface area contributed by atoms with Crippen LogP contribution in [0.4, 0.5) is 0 Å². The first-order chi connectivity index (χ1) is 7.77. The van der Waals surface area contributed by atoms with Crippen molar-refractivity contribution in [1.29, 1.82) is 0 Å². The predicted molar refractivity (Wildman–Crippen MR) is 63.3 cm³/mol. The minimum absolute atomic E-state index is 0.245. The molecule has 0 amide bonds. The molecule has 0 aliphatic heterocycles. The fraction of sp³-hybridized carbons (Fsp3) is 0.308. The van der Waals surface area contributed by atoms with Crippen molar-refractivity contribution in [3.63, 3.8) is 0 Å². The number of carbonyl (C=O) groups excluding carboxylic acids is 1. The Kier molecular flexibility index (Phi) is 5.12. The molecule has 0 saturated carbocycles. The highest BCUT2D eigenvalue weighted by molar-refractivity contribution is 5.72. The van der Waals surface area contributed by atoms with Crippen LogP contribution in [-0.2, 0) is 9.53 Å². The molecule has 0 bridgehead atoms. The summed E-state index contributed by atoms with van der Waals surface area (Å²) in [6.07, 6.45) is 3.91. The minimum Gasteiger partial charge on any atom is -0.493 e. The maximum absolute atomic E-state index is 10.9. The summed E-state index contributed by atoms with van der Waals surface area (Å²) in [7, 11) is 1.38. The highest BCUT2D eigenvalue weighted by Gasteiger charge is 1.99. The van der Waals surface area contributed by atoms with Gasteiger partial charge in [0.1, 0.15) is 5.75 Å². The fourth-order valence-corrected chi connectivity index (χ4v) is 1.27. The lowest BCUT2D eigenvalue weighted by atomic mass is 10.2. The maximum atomic E-state index is 10.9. The molecule has 3 heteroatoms. The second-order valence-electron chi connectivity index (χ2n) is 3.15. The average molecular weight is 220 g/mol. The van der Waals surface area contributed by atoms with E-state index in [1.807, 2.05) is 37.3 Å². The van der Waals surface area contributed by atoms with Gasteiger partial charge in [-0.25, -0.2) is 0 Å². The molecular weight excluding hydrogens is 204 g/mol. The fourth-order valence-electron chi connectivity index (χ4n) is 1.27. The number of methoxy groups -OCH3 is 1. The van der Waals surface area contributed by atoms with Crippen molar-refractivity contribution in [3.05, 3.63) is 35.9 Å². The number of para-hydroxylation sites is 1. The van der Waals surface area contributed by atoms with E-state index in [-0.39, 0.29) is 12.4 Å². The zero-order chi connectivity index (χ0) is 11.8. The van der Waals surface area contributed by atoms with Crippen LogP contribution in [-0.4, -0.2) is 19.7 Å². The number of esters is 1. The normalized spacial score (nSPS) is 10.4. The van der Waals surface area contributed by atoms with Crippen molar-refractivity contribution in [2.75, 3.05) is 13.7 Å². The van der Waals surface area contributed by atoms with Gasteiger partial charge in [0.2, 0.25) is 0 Å². The van der Waals surface area contributed by atoms with Crippen molar-refractivity contribution in [2.45, 2.75) is 13.3 Å². The molecule has 0 aromatic heterocycles. The standard InChI is InChI=1S/C13H16O3/c1-3-16-12-9-5-4-7-11(12)8-6-10-13(14)15-2/h4-9H,3,10H2,1-2H3. The Bertz CT molecular complexity index is 369. The van der Waals surface area contributed by atoms with E-state index in [1.54, 1.807) is 6.08 Å². The molecule has 1 aromatic rings. The lowest BCUT2D eigenvalue weighted by Gasteiger charge is -2.05. The predicted octanol–water partition coefficient (Wildman–Crippen LogP) is 2.66. The molecule has 0 N–H and O–H groups in total. The van der Waals surface area contributed by atoms with Crippen LogP contribution in [0.2, 0.25) is 0 Å². The first-order valence-electron chi connectivity index (χ1n) is 5.23. The molecule has 3 nitrogen and oxygen atoms in total. The van der Waals surface area contributed by atoms with Crippen LogP contribution in [0.25, 0.3) is 6.08 Å². The van der Waals surface area contributed by atoms with E-state index in [0.29, 0.717) is 6.61 Å². The van der Waals surface area contributed by atoms with Gasteiger partial charge in [0.05, 0.1) is 20.1 Å². The van der Waals surface area contributed by atoms with Crippen molar-refractivity contribution < 1.29 is 14.3 Å². The van der Waals surface area contributed by atoms with Gasteiger partial charge in [-0.3, -0.25) is 4.79 Å². The zero-order valence-electron chi connectivity index (χ0n) is 9.60. The van der Waals surface area contributed by atoms with E-state index < -0.39 is 0 Å². The van der Waals surface area contributed by atoms with Gasteiger partial charge < -0.3 is 9.47 Å². The van der Waals surface area contributed by atoms with Crippen LogP contribution in [0.5, 0.6) is 5.75 Å². The van der Waals surface area contributed by atoms with Gasteiger partial charge in [-0.1, -0.05) is 30.4 Å². The van der Waals surface area contributed by atoms with Gasteiger partial charge in [0, 0.05) is 5.56 Å². The second kappa shape index (κ2) is 6.67. The average Bonchev–Trinajstić information content (AvgIpc) is 2.31. The quantitative estimate of drug-likeness (QED) is 0.716. The molecule has 0 aliphatic carbocycles. The smallest absolute Gasteiger partial charge is 0.309 e. The van der Waals surface area contributed by atoms with Crippen molar-refractivity contribution in [1.82, 2.24) is 0 Å².